The predicted octanol–water partition coefficient (Wildman–Crippen LogP) is 2.47. The van der Waals surface area contributed by atoms with E-state index in [2.05, 4.69) is 10.1 Å². The third kappa shape index (κ3) is 7.13. The highest BCUT2D eigenvalue weighted by Gasteiger charge is 2.47. The van der Waals surface area contributed by atoms with Gasteiger partial charge in [0.15, 0.2) is 0 Å². The quantitative estimate of drug-likeness (QED) is 0.676. The lowest BCUT2D eigenvalue weighted by Gasteiger charge is -2.31. The Morgan fingerprint density at radius 1 is 1.29 bits per heavy atom. The average molecular weight is 312 g/mol. The largest absolute Gasteiger partial charge is 0.468 e. The van der Waals surface area contributed by atoms with Crippen molar-refractivity contribution < 1.29 is 22.7 Å². The zero-order valence-electron chi connectivity index (χ0n) is 13.4. The van der Waals surface area contributed by atoms with Crippen LogP contribution < -0.4 is 11.1 Å². The number of carbonyl (C=O) groups is 1. The first-order valence-corrected chi connectivity index (χ1v) is 7.04. The van der Waals surface area contributed by atoms with Crippen molar-refractivity contribution in [2.24, 2.45) is 17.1 Å². The molecule has 0 aromatic carbocycles. The molecule has 0 heterocycles. The highest BCUT2D eigenvalue weighted by atomic mass is 19.4. The summed E-state index contributed by atoms with van der Waals surface area (Å²) in [6, 6.07) is -1.24. The van der Waals surface area contributed by atoms with E-state index in [4.69, 9.17) is 5.73 Å². The van der Waals surface area contributed by atoms with Gasteiger partial charge in [-0.15, -0.1) is 0 Å². The van der Waals surface area contributed by atoms with E-state index < -0.39 is 29.6 Å². The van der Waals surface area contributed by atoms with Crippen molar-refractivity contribution in [3.8, 4) is 0 Å². The number of ether oxygens (including phenoxy) is 1. The molecule has 7 heteroatoms. The summed E-state index contributed by atoms with van der Waals surface area (Å²) < 4.78 is 43.1. The van der Waals surface area contributed by atoms with E-state index in [0.717, 1.165) is 13.8 Å². The topological polar surface area (TPSA) is 64.3 Å². The monoisotopic (exact) mass is 312 g/mol. The van der Waals surface area contributed by atoms with Gasteiger partial charge < -0.3 is 15.8 Å². The third-order valence-electron chi connectivity index (χ3n) is 3.36. The van der Waals surface area contributed by atoms with Crippen molar-refractivity contribution in [1.82, 2.24) is 5.32 Å². The first-order chi connectivity index (χ1) is 9.40. The standard InChI is InChI=1S/C14H27F3N2O2/c1-9(2)6-11(12(20)21-5)19-8-10(18)7-13(3,4)14(15,16)17/h9-11,19H,6-8,18H2,1-5H3/t10-,11-/m0/s1. The Labute approximate surface area is 124 Å². The number of hydrogen-bond acceptors (Lipinski definition) is 4. The molecule has 0 amide bonds. The average Bonchev–Trinajstić information content (AvgIpc) is 2.31. The summed E-state index contributed by atoms with van der Waals surface area (Å²) in [5, 5.41) is 2.91. The number of esters is 1. The molecule has 0 aliphatic rings. The SMILES string of the molecule is COC(=O)[C@H](CC(C)C)NC[C@@H](N)CC(C)(C)C(F)(F)F. The van der Waals surface area contributed by atoms with Crippen LogP contribution in [-0.2, 0) is 9.53 Å². The second kappa shape index (κ2) is 7.98. The summed E-state index contributed by atoms with van der Waals surface area (Å²) in [5.74, 6) is -0.171. The van der Waals surface area contributed by atoms with Crippen LogP contribution in [0.1, 0.15) is 40.5 Å². The van der Waals surface area contributed by atoms with Crippen molar-refractivity contribution in [1.29, 1.82) is 0 Å². The molecule has 0 saturated heterocycles. The van der Waals surface area contributed by atoms with Crippen molar-refractivity contribution in [2.75, 3.05) is 13.7 Å². The maximum atomic E-state index is 12.8. The molecule has 0 bridgehead atoms. The minimum atomic E-state index is -4.30. The van der Waals surface area contributed by atoms with E-state index in [9.17, 15) is 18.0 Å². The molecular formula is C14H27F3N2O2. The van der Waals surface area contributed by atoms with Gasteiger partial charge in [-0.3, -0.25) is 4.79 Å². The van der Waals surface area contributed by atoms with E-state index in [0.29, 0.717) is 6.42 Å². The van der Waals surface area contributed by atoms with Gasteiger partial charge in [-0.05, 0) is 18.8 Å². The Kier molecular flexibility index (Phi) is 7.67. The number of carbonyl (C=O) groups excluding carboxylic acids is 1. The Bertz CT molecular complexity index is 331. The highest BCUT2D eigenvalue weighted by molar-refractivity contribution is 5.75. The lowest BCUT2D eigenvalue weighted by atomic mass is 9.85. The Morgan fingerprint density at radius 3 is 2.19 bits per heavy atom. The number of methoxy groups -OCH3 is 1. The van der Waals surface area contributed by atoms with Crippen LogP contribution in [0.25, 0.3) is 0 Å². The summed E-state index contributed by atoms with van der Waals surface area (Å²) in [4.78, 5) is 11.6. The Balaban J connectivity index is 4.50. The van der Waals surface area contributed by atoms with Gasteiger partial charge >= 0.3 is 12.1 Å². The zero-order valence-corrected chi connectivity index (χ0v) is 13.4. The normalized spacial score (nSPS) is 15.9. The maximum absolute atomic E-state index is 12.8. The maximum Gasteiger partial charge on any atom is 0.394 e. The number of nitrogens with one attached hydrogen (secondary N) is 1. The third-order valence-corrected chi connectivity index (χ3v) is 3.36. The van der Waals surface area contributed by atoms with Gasteiger partial charge in [-0.1, -0.05) is 27.7 Å². The fraction of sp³-hybridized carbons (Fsp3) is 0.929. The minimum Gasteiger partial charge on any atom is -0.468 e. The van der Waals surface area contributed by atoms with Crippen LogP contribution in [0.4, 0.5) is 13.2 Å². The van der Waals surface area contributed by atoms with Crippen LogP contribution in [0.15, 0.2) is 0 Å². The van der Waals surface area contributed by atoms with Crippen molar-refractivity contribution in [2.45, 2.75) is 58.8 Å². The van der Waals surface area contributed by atoms with Gasteiger partial charge in [0, 0.05) is 12.6 Å². The van der Waals surface area contributed by atoms with E-state index >= 15 is 0 Å². The molecule has 126 valence electrons. The first kappa shape index (κ1) is 20.2. The molecule has 0 aromatic heterocycles. The summed E-state index contributed by atoms with van der Waals surface area (Å²) in [6.45, 7) is 6.28. The number of hydrogen-bond donors (Lipinski definition) is 2. The molecule has 3 N–H and O–H groups in total. The molecule has 21 heavy (non-hydrogen) atoms. The Morgan fingerprint density at radius 2 is 1.81 bits per heavy atom. The minimum absolute atomic E-state index is 0.131. The molecule has 0 aliphatic carbocycles. The summed E-state index contributed by atoms with van der Waals surface area (Å²) in [5.41, 5.74) is 3.91. The van der Waals surface area contributed by atoms with E-state index in [1.807, 2.05) is 13.8 Å². The number of alkyl halides is 3. The van der Waals surface area contributed by atoms with Crippen molar-refractivity contribution in [3.05, 3.63) is 0 Å². The van der Waals surface area contributed by atoms with Crippen LogP contribution >= 0.6 is 0 Å². The molecule has 4 nitrogen and oxygen atoms in total. The summed E-state index contributed by atoms with van der Waals surface area (Å²) in [7, 11) is 1.28. The van der Waals surface area contributed by atoms with Crippen molar-refractivity contribution in [3.63, 3.8) is 0 Å². The molecule has 0 aliphatic heterocycles. The molecule has 0 aromatic rings. The van der Waals surface area contributed by atoms with Crippen LogP contribution in [0.3, 0.4) is 0 Å². The highest BCUT2D eigenvalue weighted by Crippen LogP contribution is 2.40. The first-order valence-electron chi connectivity index (χ1n) is 7.04. The molecule has 2 atom stereocenters. The van der Waals surface area contributed by atoms with E-state index in [1.54, 1.807) is 0 Å². The van der Waals surface area contributed by atoms with Crippen LogP contribution in [-0.4, -0.2) is 37.9 Å². The van der Waals surface area contributed by atoms with Gasteiger partial charge in [0.05, 0.1) is 12.5 Å². The molecule has 0 rings (SSSR count). The van der Waals surface area contributed by atoms with Crippen molar-refractivity contribution >= 4 is 5.97 Å². The predicted molar refractivity (Wildman–Crippen MR) is 75.7 cm³/mol. The molecule has 0 unspecified atom stereocenters. The Hall–Kier alpha value is -0.820. The molecular weight excluding hydrogens is 285 g/mol. The van der Waals surface area contributed by atoms with Crippen LogP contribution in [0, 0.1) is 11.3 Å². The number of nitrogens with two attached hydrogens (primary N) is 1. The summed E-state index contributed by atoms with van der Waals surface area (Å²) in [6.07, 6.45) is -3.97. The van der Waals surface area contributed by atoms with Gasteiger partial charge in [-0.2, -0.15) is 13.2 Å². The summed E-state index contributed by atoms with van der Waals surface area (Å²) >= 11 is 0. The molecule has 0 radical (unpaired) electrons. The molecule has 0 fully saturated rings. The van der Waals surface area contributed by atoms with Gasteiger partial charge in [0.25, 0.3) is 0 Å². The van der Waals surface area contributed by atoms with Crippen LogP contribution in [0.2, 0.25) is 0 Å². The zero-order chi connectivity index (χ0) is 16.8. The fourth-order valence-corrected chi connectivity index (χ4v) is 2.01. The smallest absolute Gasteiger partial charge is 0.394 e. The van der Waals surface area contributed by atoms with Gasteiger partial charge in [-0.25, -0.2) is 0 Å². The van der Waals surface area contributed by atoms with E-state index in [-0.39, 0.29) is 18.9 Å². The lowest BCUT2D eigenvalue weighted by Crippen LogP contribution is -2.47. The van der Waals surface area contributed by atoms with E-state index in [1.165, 1.54) is 7.11 Å². The second-order valence-corrected chi connectivity index (χ2v) is 6.46. The number of rotatable bonds is 8. The molecule has 0 saturated carbocycles. The molecule has 0 spiro atoms. The second-order valence-electron chi connectivity index (χ2n) is 6.46. The number of halogens is 3. The van der Waals surface area contributed by atoms with Crippen LogP contribution in [0.5, 0.6) is 0 Å². The van der Waals surface area contributed by atoms with Gasteiger partial charge in [0.1, 0.15) is 6.04 Å². The lowest BCUT2D eigenvalue weighted by molar-refractivity contribution is -0.214. The van der Waals surface area contributed by atoms with Gasteiger partial charge in [0.2, 0.25) is 0 Å². The fourth-order valence-electron chi connectivity index (χ4n) is 2.01.